The smallest absolute Gasteiger partial charge is 0.254 e. The number of hydrogen-bond donors (Lipinski definition) is 3. The van der Waals surface area contributed by atoms with E-state index in [0.717, 1.165) is 5.56 Å². The van der Waals surface area contributed by atoms with E-state index < -0.39 is 0 Å². The Hall–Kier alpha value is -3.61. The highest BCUT2D eigenvalue weighted by Crippen LogP contribution is 2.14. The SMILES string of the molecule is CNC(=O)c1cccnc1NCc1cccc(C(=O)NCc2ccco2)c1. The zero-order valence-electron chi connectivity index (χ0n) is 14.9. The fraction of sp³-hybridized carbons (Fsp3) is 0.150. The molecule has 0 unspecified atom stereocenters. The van der Waals surface area contributed by atoms with E-state index in [1.54, 1.807) is 55.9 Å². The Morgan fingerprint density at radius 3 is 2.70 bits per heavy atom. The fourth-order valence-electron chi connectivity index (χ4n) is 2.56. The number of rotatable bonds is 7. The van der Waals surface area contributed by atoms with Gasteiger partial charge in [0, 0.05) is 25.4 Å². The average molecular weight is 364 g/mol. The van der Waals surface area contributed by atoms with Gasteiger partial charge in [-0.15, -0.1) is 0 Å². The van der Waals surface area contributed by atoms with Crippen LogP contribution in [0.25, 0.3) is 0 Å². The standard InChI is InChI=1S/C20H20N4O3/c1-21-20(26)17-8-3-9-22-18(17)23-12-14-5-2-6-15(11-14)19(25)24-13-16-7-4-10-27-16/h2-11H,12-13H2,1H3,(H,21,26)(H,22,23)(H,24,25). The van der Waals surface area contributed by atoms with Crippen molar-refractivity contribution in [3.63, 3.8) is 0 Å². The maximum atomic E-state index is 12.3. The Kier molecular flexibility index (Phi) is 5.84. The second kappa shape index (κ2) is 8.66. The van der Waals surface area contributed by atoms with Crippen molar-refractivity contribution in [2.45, 2.75) is 13.1 Å². The van der Waals surface area contributed by atoms with Crippen LogP contribution in [0.5, 0.6) is 0 Å². The van der Waals surface area contributed by atoms with E-state index in [0.29, 0.717) is 35.8 Å². The molecule has 0 aliphatic rings. The third-order valence-corrected chi connectivity index (χ3v) is 3.93. The first kappa shape index (κ1) is 18.2. The highest BCUT2D eigenvalue weighted by atomic mass is 16.3. The molecule has 3 aromatic rings. The molecule has 7 heteroatoms. The van der Waals surface area contributed by atoms with Crippen LogP contribution in [0.4, 0.5) is 5.82 Å². The zero-order chi connectivity index (χ0) is 19.1. The van der Waals surface area contributed by atoms with Crippen molar-refractivity contribution in [2.24, 2.45) is 0 Å². The van der Waals surface area contributed by atoms with Crippen molar-refractivity contribution in [3.8, 4) is 0 Å². The van der Waals surface area contributed by atoms with Gasteiger partial charge < -0.3 is 20.4 Å². The molecular weight excluding hydrogens is 344 g/mol. The maximum Gasteiger partial charge on any atom is 0.254 e. The Morgan fingerprint density at radius 1 is 1.04 bits per heavy atom. The number of furan rings is 1. The highest BCUT2D eigenvalue weighted by molar-refractivity contribution is 5.98. The molecular formula is C20H20N4O3. The van der Waals surface area contributed by atoms with Crippen molar-refractivity contribution < 1.29 is 14.0 Å². The summed E-state index contributed by atoms with van der Waals surface area (Å²) in [6.07, 6.45) is 3.19. The third kappa shape index (κ3) is 4.72. The second-order valence-electron chi connectivity index (χ2n) is 5.79. The van der Waals surface area contributed by atoms with Gasteiger partial charge in [-0.05, 0) is 42.0 Å². The van der Waals surface area contributed by atoms with Gasteiger partial charge >= 0.3 is 0 Å². The molecule has 138 valence electrons. The molecule has 2 amide bonds. The van der Waals surface area contributed by atoms with E-state index in [4.69, 9.17) is 4.42 Å². The molecule has 0 saturated carbocycles. The summed E-state index contributed by atoms with van der Waals surface area (Å²) in [5.41, 5.74) is 1.91. The number of aromatic nitrogens is 1. The van der Waals surface area contributed by atoms with Crippen LogP contribution < -0.4 is 16.0 Å². The third-order valence-electron chi connectivity index (χ3n) is 3.93. The number of carbonyl (C=O) groups is 2. The topological polar surface area (TPSA) is 96.3 Å². The Bertz CT molecular complexity index is 922. The van der Waals surface area contributed by atoms with E-state index in [1.807, 2.05) is 12.1 Å². The van der Waals surface area contributed by atoms with Crippen molar-refractivity contribution in [1.29, 1.82) is 0 Å². The lowest BCUT2D eigenvalue weighted by Crippen LogP contribution is -2.22. The van der Waals surface area contributed by atoms with Gasteiger partial charge in [0.25, 0.3) is 11.8 Å². The van der Waals surface area contributed by atoms with Gasteiger partial charge in [-0.1, -0.05) is 12.1 Å². The normalized spacial score (nSPS) is 10.3. The Morgan fingerprint density at radius 2 is 1.93 bits per heavy atom. The molecule has 0 aliphatic carbocycles. The molecule has 2 heterocycles. The maximum absolute atomic E-state index is 12.3. The molecule has 0 atom stereocenters. The molecule has 0 bridgehead atoms. The van der Waals surface area contributed by atoms with Gasteiger partial charge in [0.1, 0.15) is 11.6 Å². The highest BCUT2D eigenvalue weighted by Gasteiger charge is 2.11. The summed E-state index contributed by atoms with van der Waals surface area (Å²) in [5.74, 6) is 0.788. The van der Waals surface area contributed by atoms with E-state index >= 15 is 0 Å². The van der Waals surface area contributed by atoms with E-state index in [1.165, 1.54) is 0 Å². The molecule has 0 saturated heterocycles. The Labute approximate surface area is 156 Å². The number of hydrogen-bond acceptors (Lipinski definition) is 5. The predicted molar refractivity (Wildman–Crippen MR) is 101 cm³/mol. The quantitative estimate of drug-likeness (QED) is 0.599. The van der Waals surface area contributed by atoms with Crippen LogP contribution in [0, 0.1) is 0 Å². The number of nitrogens with one attached hydrogen (secondary N) is 3. The largest absolute Gasteiger partial charge is 0.467 e. The minimum Gasteiger partial charge on any atom is -0.467 e. The average Bonchev–Trinajstić information content (AvgIpc) is 3.24. The summed E-state index contributed by atoms with van der Waals surface area (Å²) in [4.78, 5) is 28.4. The first-order valence-electron chi connectivity index (χ1n) is 8.48. The minimum atomic E-state index is -0.211. The van der Waals surface area contributed by atoms with Crippen LogP contribution >= 0.6 is 0 Å². The van der Waals surface area contributed by atoms with E-state index in [9.17, 15) is 9.59 Å². The molecule has 27 heavy (non-hydrogen) atoms. The number of benzene rings is 1. The molecule has 0 aliphatic heterocycles. The van der Waals surface area contributed by atoms with Crippen molar-refractivity contribution in [1.82, 2.24) is 15.6 Å². The lowest BCUT2D eigenvalue weighted by Gasteiger charge is -2.11. The lowest BCUT2D eigenvalue weighted by atomic mass is 10.1. The Balaban J connectivity index is 1.64. The van der Waals surface area contributed by atoms with Gasteiger partial charge in [0.15, 0.2) is 0 Å². The van der Waals surface area contributed by atoms with Crippen LogP contribution in [0.3, 0.4) is 0 Å². The monoisotopic (exact) mass is 364 g/mol. The second-order valence-corrected chi connectivity index (χ2v) is 5.79. The molecule has 0 spiro atoms. The number of carbonyl (C=O) groups excluding carboxylic acids is 2. The van der Waals surface area contributed by atoms with Crippen LogP contribution in [0.1, 0.15) is 32.0 Å². The van der Waals surface area contributed by atoms with Crippen molar-refractivity contribution in [3.05, 3.63) is 83.4 Å². The molecule has 7 nitrogen and oxygen atoms in total. The fourth-order valence-corrected chi connectivity index (χ4v) is 2.56. The van der Waals surface area contributed by atoms with Crippen LogP contribution in [0.2, 0.25) is 0 Å². The van der Waals surface area contributed by atoms with Gasteiger partial charge in [0.05, 0.1) is 18.4 Å². The summed E-state index contributed by atoms with van der Waals surface area (Å²) in [7, 11) is 1.57. The van der Waals surface area contributed by atoms with E-state index in [-0.39, 0.29) is 11.8 Å². The van der Waals surface area contributed by atoms with Crippen LogP contribution in [-0.4, -0.2) is 23.8 Å². The molecule has 3 N–H and O–H groups in total. The summed E-state index contributed by atoms with van der Waals surface area (Å²) in [6, 6.07) is 14.3. The molecule has 3 rings (SSSR count). The van der Waals surface area contributed by atoms with Gasteiger partial charge in [0.2, 0.25) is 0 Å². The summed E-state index contributed by atoms with van der Waals surface area (Å²) in [5, 5.41) is 8.55. The molecule has 1 aromatic carbocycles. The number of amides is 2. The summed E-state index contributed by atoms with van der Waals surface area (Å²) in [6.45, 7) is 0.762. The summed E-state index contributed by atoms with van der Waals surface area (Å²) < 4.78 is 5.21. The van der Waals surface area contributed by atoms with Gasteiger partial charge in [-0.2, -0.15) is 0 Å². The minimum absolute atomic E-state index is 0.183. The predicted octanol–water partition coefficient (Wildman–Crippen LogP) is 2.58. The summed E-state index contributed by atoms with van der Waals surface area (Å²) >= 11 is 0. The first-order valence-corrected chi connectivity index (χ1v) is 8.48. The van der Waals surface area contributed by atoms with Crippen molar-refractivity contribution in [2.75, 3.05) is 12.4 Å². The van der Waals surface area contributed by atoms with Crippen LogP contribution in [-0.2, 0) is 13.1 Å². The number of nitrogens with zero attached hydrogens (tertiary/aromatic N) is 1. The molecule has 0 radical (unpaired) electrons. The molecule has 0 fully saturated rings. The van der Waals surface area contributed by atoms with Crippen LogP contribution in [0.15, 0.2) is 65.4 Å². The zero-order valence-corrected chi connectivity index (χ0v) is 14.9. The first-order chi connectivity index (χ1) is 13.2. The van der Waals surface area contributed by atoms with Gasteiger partial charge in [-0.25, -0.2) is 4.98 Å². The number of anilines is 1. The lowest BCUT2D eigenvalue weighted by molar-refractivity contribution is 0.0944. The van der Waals surface area contributed by atoms with Crippen molar-refractivity contribution >= 4 is 17.6 Å². The molecule has 2 aromatic heterocycles. The number of pyridine rings is 1. The van der Waals surface area contributed by atoms with Gasteiger partial charge in [-0.3, -0.25) is 9.59 Å². The van der Waals surface area contributed by atoms with E-state index in [2.05, 4.69) is 20.9 Å².